The topological polar surface area (TPSA) is 144 Å². The number of phenols is 2. The van der Waals surface area contributed by atoms with Gasteiger partial charge in [-0.1, -0.05) is 12.8 Å². The van der Waals surface area contributed by atoms with Crippen molar-refractivity contribution in [3.63, 3.8) is 0 Å². The second-order valence-electron chi connectivity index (χ2n) is 9.80. The smallest absolute Gasteiger partial charge is 0.227 e. The largest absolute Gasteiger partial charge is 0.507 e. The molecule has 2 aromatic rings. The predicted molar refractivity (Wildman–Crippen MR) is 138 cm³/mol. The molecule has 4 rings (SSSR count). The number of hydrazine groups is 2. The van der Waals surface area contributed by atoms with Crippen LogP contribution in [0.4, 0.5) is 23.3 Å². The Bertz CT molecular complexity index is 1050. The van der Waals surface area contributed by atoms with E-state index in [9.17, 15) is 10.2 Å². The summed E-state index contributed by atoms with van der Waals surface area (Å²) < 4.78 is 5.09. The van der Waals surface area contributed by atoms with Gasteiger partial charge in [-0.05, 0) is 46.6 Å². The van der Waals surface area contributed by atoms with E-state index in [1.165, 1.54) is 19.2 Å². The zero-order valence-corrected chi connectivity index (χ0v) is 21.2. The van der Waals surface area contributed by atoms with Crippen LogP contribution >= 0.6 is 0 Å². The van der Waals surface area contributed by atoms with Crippen LogP contribution in [0.3, 0.4) is 0 Å². The highest BCUT2D eigenvalue weighted by Crippen LogP contribution is 2.41. The van der Waals surface area contributed by atoms with E-state index in [-0.39, 0.29) is 48.0 Å². The first-order chi connectivity index (χ1) is 16.7. The van der Waals surface area contributed by atoms with Gasteiger partial charge in [0.25, 0.3) is 0 Å². The lowest BCUT2D eigenvalue weighted by Crippen LogP contribution is -2.50. The van der Waals surface area contributed by atoms with Gasteiger partial charge in [0.2, 0.25) is 5.95 Å². The average molecular weight is 487 g/mol. The maximum atomic E-state index is 10.5. The number of hydrogen-bond acceptors (Lipinski definition) is 11. The van der Waals surface area contributed by atoms with Gasteiger partial charge in [-0.25, -0.2) is 0 Å². The number of anilines is 4. The third-order valence-corrected chi connectivity index (χ3v) is 6.54. The fourth-order valence-corrected chi connectivity index (χ4v) is 4.56. The third kappa shape index (κ3) is 5.10. The van der Waals surface area contributed by atoms with Gasteiger partial charge in [-0.2, -0.15) is 9.97 Å². The highest BCUT2D eigenvalue weighted by atomic mass is 16.5. The molecule has 11 heteroatoms. The average Bonchev–Trinajstić information content (AvgIpc) is 3.21. The molecule has 0 amide bonds. The van der Waals surface area contributed by atoms with E-state index < -0.39 is 0 Å². The number of benzene rings is 1. The molecule has 1 fully saturated rings. The van der Waals surface area contributed by atoms with Gasteiger partial charge in [0.15, 0.2) is 23.1 Å². The number of nitrogens with two attached hydrogens (primary N) is 1. The standard InChI is InChI=1S/C24H38N8O3/c1-13(2)31-21-22(26-12-15-10-19(34)20(35-5)11-18(15)33)28-24(27-17-9-7-6-8-16(17)25)29-23(21)32(30-31)14(3)4/h10-11,13-14,16-17,30,33-34H,6-9,12,25H2,1-5H3,(H2,26,27,28,29). The Morgan fingerprint density at radius 2 is 1.80 bits per heavy atom. The van der Waals surface area contributed by atoms with Gasteiger partial charge in [-0.3, -0.25) is 10.0 Å². The van der Waals surface area contributed by atoms with Crippen LogP contribution in [0.25, 0.3) is 0 Å². The van der Waals surface area contributed by atoms with Gasteiger partial charge < -0.3 is 31.3 Å². The minimum atomic E-state index is -0.0416. The van der Waals surface area contributed by atoms with Crippen molar-refractivity contribution in [2.24, 2.45) is 5.73 Å². The number of aromatic hydroxyl groups is 2. The summed E-state index contributed by atoms with van der Waals surface area (Å²) in [6.45, 7) is 8.61. The Hall–Kier alpha value is -3.18. The Labute approximate surface area is 206 Å². The molecule has 2 atom stereocenters. The summed E-state index contributed by atoms with van der Waals surface area (Å²) in [5, 5.41) is 31.5. The number of ether oxygens (including phenoxy) is 1. The molecule has 1 aliphatic carbocycles. The summed E-state index contributed by atoms with van der Waals surface area (Å²) in [5.74, 6) is 2.08. The monoisotopic (exact) mass is 486 g/mol. The maximum Gasteiger partial charge on any atom is 0.227 e. The van der Waals surface area contributed by atoms with Crippen LogP contribution in [0, 0.1) is 0 Å². The van der Waals surface area contributed by atoms with Crippen LogP contribution in [0.5, 0.6) is 17.2 Å². The van der Waals surface area contributed by atoms with Gasteiger partial charge >= 0.3 is 0 Å². The van der Waals surface area contributed by atoms with Crippen LogP contribution in [0.1, 0.15) is 58.9 Å². The Kier molecular flexibility index (Phi) is 7.27. The van der Waals surface area contributed by atoms with E-state index in [1.807, 2.05) is 10.0 Å². The summed E-state index contributed by atoms with van der Waals surface area (Å²) in [5.41, 5.74) is 11.2. The lowest BCUT2D eigenvalue weighted by Gasteiger charge is -2.29. The molecular formula is C24H38N8O3. The van der Waals surface area contributed by atoms with Crippen molar-refractivity contribution in [1.82, 2.24) is 15.5 Å². The molecule has 2 unspecified atom stereocenters. The van der Waals surface area contributed by atoms with Crippen molar-refractivity contribution in [2.75, 3.05) is 27.8 Å². The Morgan fingerprint density at radius 3 is 2.46 bits per heavy atom. The summed E-state index contributed by atoms with van der Waals surface area (Å²) in [6.07, 6.45) is 4.23. The zero-order chi connectivity index (χ0) is 25.3. The molecule has 0 radical (unpaired) electrons. The number of fused-ring (bicyclic) bond motifs is 1. The number of nitrogens with one attached hydrogen (secondary N) is 3. The van der Waals surface area contributed by atoms with Gasteiger partial charge in [0.1, 0.15) is 11.4 Å². The molecule has 1 aromatic carbocycles. The minimum absolute atomic E-state index is 0.0204. The summed E-state index contributed by atoms with van der Waals surface area (Å²) in [6, 6.07) is 3.33. The van der Waals surface area contributed by atoms with Crippen LogP contribution in [-0.4, -0.2) is 51.5 Å². The molecule has 1 aliphatic heterocycles. The van der Waals surface area contributed by atoms with E-state index in [0.29, 0.717) is 17.3 Å². The highest BCUT2D eigenvalue weighted by Gasteiger charge is 2.35. The lowest BCUT2D eigenvalue weighted by molar-refractivity contribution is 0.367. The molecule has 0 spiro atoms. The second kappa shape index (κ2) is 10.2. The molecule has 2 heterocycles. The molecule has 11 nitrogen and oxygen atoms in total. The van der Waals surface area contributed by atoms with E-state index in [2.05, 4.69) is 43.9 Å². The Morgan fingerprint density at radius 1 is 1.09 bits per heavy atom. The second-order valence-corrected chi connectivity index (χ2v) is 9.80. The van der Waals surface area contributed by atoms with Crippen molar-refractivity contribution in [2.45, 2.75) is 84.1 Å². The van der Waals surface area contributed by atoms with Gasteiger partial charge in [0, 0.05) is 42.3 Å². The molecule has 1 saturated carbocycles. The molecule has 1 aromatic heterocycles. The summed E-state index contributed by atoms with van der Waals surface area (Å²) in [7, 11) is 1.44. The predicted octanol–water partition coefficient (Wildman–Crippen LogP) is 3.05. The molecule has 192 valence electrons. The van der Waals surface area contributed by atoms with Gasteiger partial charge in [0.05, 0.1) is 7.11 Å². The van der Waals surface area contributed by atoms with E-state index in [0.717, 1.165) is 37.2 Å². The minimum Gasteiger partial charge on any atom is -0.507 e. The van der Waals surface area contributed by atoms with Crippen LogP contribution in [-0.2, 0) is 6.54 Å². The number of methoxy groups -OCH3 is 1. The lowest BCUT2D eigenvalue weighted by atomic mass is 9.91. The van der Waals surface area contributed by atoms with Gasteiger partial charge in [-0.15, -0.1) is 5.53 Å². The van der Waals surface area contributed by atoms with Crippen LogP contribution < -0.4 is 36.7 Å². The summed E-state index contributed by atoms with van der Waals surface area (Å²) in [4.78, 5) is 9.72. The van der Waals surface area contributed by atoms with E-state index in [4.69, 9.17) is 20.4 Å². The molecule has 2 aliphatic rings. The first kappa shape index (κ1) is 24.9. The zero-order valence-electron chi connectivity index (χ0n) is 21.2. The summed E-state index contributed by atoms with van der Waals surface area (Å²) >= 11 is 0. The molecule has 0 saturated heterocycles. The van der Waals surface area contributed by atoms with Crippen molar-refractivity contribution >= 4 is 23.3 Å². The van der Waals surface area contributed by atoms with E-state index >= 15 is 0 Å². The number of nitrogens with zero attached hydrogens (tertiary/aromatic N) is 4. The van der Waals surface area contributed by atoms with Crippen molar-refractivity contribution in [3.05, 3.63) is 17.7 Å². The molecule has 0 bridgehead atoms. The highest BCUT2D eigenvalue weighted by molar-refractivity contribution is 5.83. The molecule has 7 N–H and O–H groups in total. The van der Waals surface area contributed by atoms with Crippen molar-refractivity contribution in [3.8, 4) is 17.2 Å². The maximum absolute atomic E-state index is 10.5. The first-order valence-electron chi connectivity index (χ1n) is 12.3. The number of aromatic nitrogens is 2. The fraction of sp³-hybridized carbons (Fsp3) is 0.583. The number of rotatable bonds is 8. The number of hydrogen-bond donors (Lipinski definition) is 6. The van der Waals surface area contributed by atoms with E-state index in [1.54, 1.807) is 0 Å². The number of phenolic OH excluding ortho intramolecular Hbond substituents is 2. The first-order valence-corrected chi connectivity index (χ1v) is 12.3. The third-order valence-electron chi connectivity index (χ3n) is 6.54. The fourth-order valence-electron chi connectivity index (χ4n) is 4.56. The SMILES string of the molecule is COc1cc(O)c(CNc2nc(NC3CCCCC3N)nc3c2N(C(C)C)NN3C(C)C)cc1O. The normalized spacial score (nSPS) is 19.9. The quantitative estimate of drug-likeness (QED) is 0.306. The molecular weight excluding hydrogens is 448 g/mol. The van der Waals surface area contributed by atoms with Crippen LogP contribution in [0.2, 0.25) is 0 Å². The van der Waals surface area contributed by atoms with Crippen LogP contribution in [0.15, 0.2) is 12.1 Å². The van der Waals surface area contributed by atoms with Crippen molar-refractivity contribution < 1.29 is 14.9 Å². The molecule has 35 heavy (non-hydrogen) atoms. The Balaban J connectivity index is 1.70. The van der Waals surface area contributed by atoms with Crippen molar-refractivity contribution in [1.29, 1.82) is 0 Å².